The third-order valence-electron chi connectivity index (χ3n) is 5.19. The van der Waals surface area contributed by atoms with E-state index in [0.29, 0.717) is 43.9 Å². The number of hydrazone groups is 1. The molecule has 144 valence electrons. The molecule has 0 saturated carbocycles. The Morgan fingerprint density at radius 2 is 1.63 bits per heavy atom. The highest BCUT2D eigenvalue weighted by Gasteiger charge is 2.29. The van der Waals surface area contributed by atoms with Gasteiger partial charge in [0.05, 0.1) is 7.11 Å². The van der Waals surface area contributed by atoms with Crippen molar-refractivity contribution >= 4 is 23.4 Å². The zero-order valence-electron chi connectivity index (χ0n) is 15.9. The van der Waals surface area contributed by atoms with E-state index >= 15 is 0 Å². The summed E-state index contributed by atoms with van der Waals surface area (Å²) in [5, 5.41) is 3.86. The number of nitrogens with one attached hydrogen (secondary N) is 1. The van der Waals surface area contributed by atoms with Crippen molar-refractivity contribution in [3.63, 3.8) is 0 Å². The molecule has 8 heteroatoms. The molecule has 1 saturated heterocycles. The van der Waals surface area contributed by atoms with Crippen molar-refractivity contribution in [1.29, 1.82) is 0 Å². The second-order valence-corrected chi connectivity index (χ2v) is 6.74. The molecule has 0 bridgehead atoms. The zero-order chi connectivity index (χ0) is 19.6. The van der Waals surface area contributed by atoms with Gasteiger partial charge in [0, 0.05) is 44.6 Å². The van der Waals surface area contributed by atoms with Crippen LogP contribution < -0.4 is 10.2 Å². The normalized spacial score (nSPS) is 17.3. The van der Waals surface area contributed by atoms with Crippen LogP contribution in [0.2, 0.25) is 0 Å². The van der Waals surface area contributed by atoms with Crippen LogP contribution in [0.5, 0.6) is 5.75 Å². The molecule has 3 rings (SSSR count). The Labute approximate surface area is 158 Å². The molecule has 27 heavy (non-hydrogen) atoms. The maximum absolute atomic E-state index is 12.9. The van der Waals surface area contributed by atoms with E-state index in [2.05, 4.69) is 10.5 Å². The Bertz CT molecular complexity index is 810. The SMILES string of the molecule is COc1ccc(C(=O)N2CCN(C(=O)C3=NNC(=O)CC3)CC2)c(C)c1C. The number of benzene rings is 1. The summed E-state index contributed by atoms with van der Waals surface area (Å²) in [6.45, 7) is 5.69. The van der Waals surface area contributed by atoms with Gasteiger partial charge in [-0.2, -0.15) is 5.10 Å². The first-order valence-corrected chi connectivity index (χ1v) is 9.00. The average molecular weight is 372 g/mol. The summed E-state index contributed by atoms with van der Waals surface area (Å²) >= 11 is 0. The fraction of sp³-hybridized carbons (Fsp3) is 0.474. The fourth-order valence-electron chi connectivity index (χ4n) is 3.34. The Kier molecular flexibility index (Phi) is 5.43. The molecule has 2 heterocycles. The van der Waals surface area contributed by atoms with Gasteiger partial charge >= 0.3 is 0 Å². The molecule has 1 aromatic carbocycles. The number of piperazine rings is 1. The highest BCUT2D eigenvalue weighted by Crippen LogP contribution is 2.25. The molecule has 0 unspecified atom stereocenters. The van der Waals surface area contributed by atoms with Gasteiger partial charge in [-0.1, -0.05) is 0 Å². The van der Waals surface area contributed by atoms with Crippen molar-refractivity contribution in [2.24, 2.45) is 5.10 Å². The van der Waals surface area contributed by atoms with Crippen molar-refractivity contribution in [2.45, 2.75) is 26.7 Å². The van der Waals surface area contributed by atoms with Gasteiger partial charge in [0.1, 0.15) is 11.5 Å². The zero-order valence-corrected chi connectivity index (χ0v) is 15.9. The lowest BCUT2D eigenvalue weighted by atomic mass is 10.0. The number of amides is 3. The van der Waals surface area contributed by atoms with E-state index in [1.54, 1.807) is 23.0 Å². The Morgan fingerprint density at radius 1 is 1.00 bits per heavy atom. The Hall–Kier alpha value is -2.90. The first kappa shape index (κ1) is 18.9. The minimum Gasteiger partial charge on any atom is -0.496 e. The topological polar surface area (TPSA) is 91.3 Å². The molecule has 1 N–H and O–H groups in total. The van der Waals surface area contributed by atoms with Gasteiger partial charge in [-0.15, -0.1) is 0 Å². The maximum atomic E-state index is 12.9. The molecule has 2 aliphatic heterocycles. The summed E-state index contributed by atoms with van der Waals surface area (Å²) in [6.07, 6.45) is 0.632. The molecule has 0 spiro atoms. The van der Waals surface area contributed by atoms with E-state index in [0.717, 1.165) is 16.9 Å². The number of ether oxygens (including phenoxy) is 1. The average Bonchev–Trinajstić information content (AvgIpc) is 2.70. The summed E-state index contributed by atoms with van der Waals surface area (Å²) in [7, 11) is 1.61. The number of rotatable bonds is 3. The Balaban J connectivity index is 1.64. The van der Waals surface area contributed by atoms with E-state index in [1.807, 2.05) is 19.9 Å². The van der Waals surface area contributed by atoms with Crippen molar-refractivity contribution in [3.05, 3.63) is 28.8 Å². The van der Waals surface area contributed by atoms with Gasteiger partial charge in [0.25, 0.3) is 11.8 Å². The predicted molar refractivity (Wildman–Crippen MR) is 99.8 cm³/mol. The largest absolute Gasteiger partial charge is 0.496 e. The fourth-order valence-corrected chi connectivity index (χ4v) is 3.34. The van der Waals surface area contributed by atoms with E-state index in [9.17, 15) is 14.4 Å². The second-order valence-electron chi connectivity index (χ2n) is 6.74. The van der Waals surface area contributed by atoms with Gasteiger partial charge in [-0.05, 0) is 37.1 Å². The number of carbonyl (C=O) groups is 3. The van der Waals surface area contributed by atoms with Crippen LogP contribution in [0.3, 0.4) is 0 Å². The van der Waals surface area contributed by atoms with Crippen LogP contribution in [0.4, 0.5) is 0 Å². The second kappa shape index (κ2) is 7.77. The lowest BCUT2D eigenvalue weighted by Crippen LogP contribution is -2.52. The van der Waals surface area contributed by atoms with Crippen LogP contribution in [0.15, 0.2) is 17.2 Å². The minimum atomic E-state index is -0.174. The molecular formula is C19H24N4O4. The van der Waals surface area contributed by atoms with E-state index < -0.39 is 0 Å². The van der Waals surface area contributed by atoms with Crippen molar-refractivity contribution in [2.75, 3.05) is 33.3 Å². The molecule has 1 fully saturated rings. The van der Waals surface area contributed by atoms with Gasteiger partial charge in [-0.3, -0.25) is 14.4 Å². The molecular weight excluding hydrogens is 348 g/mol. The van der Waals surface area contributed by atoms with Gasteiger partial charge in [0.2, 0.25) is 5.91 Å². The van der Waals surface area contributed by atoms with Gasteiger partial charge in [-0.25, -0.2) is 5.43 Å². The monoisotopic (exact) mass is 372 g/mol. The van der Waals surface area contributed by atoms with Crippen molar-refractivity contribution in [3.8, 4) is 5.75 Å². The quantitative estimate of drug-likeness (QED) is 0.852. The number of carbonyl (C=O) groups excluding carboxylic acids is 3. The highest BCUT2D eigenvalue weighted by atomic mass is 16.5. The molecule has 0 radical (unpaired) electrons. The van der Waals surface area contributed by atoms with E-state index in [4.69, 9.17) is 4.74 Å². The molecule has 1 aromatic rings. The number of nitrogens with zero attached hydrogens (tertiary/aromatic N) is 3. The number of hydrogen-bond donors (Lipinski definition) is 1. The van der Waals surface area contributed by atoms with E-state index in [1.165, 1.54) is 0 Å². The van der Waals surface area contributed by atoms with Gasteiger partial charge in [0.15, 0.2) is 0 Å². The van der Waals surface area contributed by atoms with Crippen LogP contribution in [-0.4, -0.2) is 66.5 Å². The molecule has 2 aliphatic rings. The van der Waals surface area contributed by atoms with Crippen LogP contribution in [0.25, 0.3) is 0 Å². The minimum absolute atomic E-state index is 0.0346. The number of methoxy groups -OCH3 is 1. The van der Waals surface area contributed by atoms with Crippen LogP contribution in [-0.2, 0) is 9.59 Å². The standard InChI is InChI=1S/C19H24N4O4/c1-12-13(2)16(27-3)6-4-14(12)18(25)22-8-10-23(11-9-22)19(26)15-5-7-17(24)21-20-15/h4,6H,5,7-11H2,1-3H3,(H,21,24). The number of hydrogen-bond acceptors (Lipinski definition) is 5. The van der Waals surface area contributed by atoms with Crippen molar-refractivity contribution < 1.29 is 19.1 Å². The molecule has 0 aliphatic carbocycles. The van der Waals surface area contributed by atoms with Crippen molar-refractivity contribution in [1.82, 2.24) is 15.2 Å². The third kappa shape index (κ3) is 3.79. The molecule has 8 nitrogen and oxygen atoms in total. The summed E-state index contributed by atoms with van der Waals surface area (Å²) < 4.78 is 5.30. The smallest absolute Gasteiger partial charge is 0.270 e. The summed E-state index contributed by atoms with van der Waals surface area (Å²) in [5.41, 5.74) is 5.24. The summed E-state index contributed by atoms with van der Waals surface area (Å²) in [5.74, 6) is 0.387. The maximum Gasteiger partial charge on any atom is 0.270 e. The lowest BCUT2D eigenvalue weighted by Gasteiger charge is -2.35. The first-order chi connectivity index (χ1) is 12.9. The molecule has 0 atom stereocenters. The van der Waals surface area contributed by atoms with Crippen LogP contribution >= 0.6 is 0 Å². The van der Waals surface area contributed by atoms with Gasteiger partial charge < -0.3 is 14.5 Å². The highest BCUT2D eigenvalue weighted by molar-refractivity contribution is 6.39. The first-order valence-electron chi connectivity index (χ1n) is 9.00. The Morgan fingerprint density at radius 3 is 2.19 bits per heavy atom. The van der Waals surface area contributed by atoms with Crippen LogP contribution in [0.1, 0.15) is 34.3 Å². The molecule has 3 amide bonds. The lowest BCUT2D eigenvalue weighted by molar-refractivity contribution is -0.126. The van der Waals surface area contributed by atoms with Crippen LogP contribution in [0, 0.1) is 13.8 Å². The summed E-state index contributed by atoms with van der Waals surface area (Å²) in [4.78, 5) is 40.0. The summed E-state index contributed by atoms with van der Waals surface area (Å²) in [6, 6.07) is 3.60. The predicted octanol–water partition coefficient (Wildman–Crippen LogP) is 0.862. The van der Waals surface area contributed by atoms with E-state index in [-0.39, 0.29) is 24.1 Å². The molecule has 0 aromatic heterocycles. The third-order valence-corrected chi connectivity index (χ3v) is 5.19.